The number of nitrogens with one attached hydrogen (secondary N) is 1. The predicted molar refractivity (Wildman–Crippen MR) is 60.3 cm³/mol. The second-order valence-corrected chi connectivity index (χ2v) is 3.59. The first kappa shape index (κ1) is 12.1. The van der Waals surface area contributed by atoms with Gasteiger partial charge in [-0.25, -0.2) is 4.79 Å². The molecule has 0 spiro atoms. The number of alkyl carbamates (subject to hydrolysis) is 1. The van der Waals surface area contributed by atoms with Gasteiger partial charge in [-0.1, -0.05) is 29.3 Å². The molecule has 0 radical (unpaired) electrons. The molecule has 1 amide bonds. The van der Waals surface area contributed by atoms with Crippen LogP contribution in [0.3, 0.4) is 0 Å². The van der Waals surface area contributed by atoms with Crippen molar-refractivity contribution < 1.29 is 9.53 Å². The van der Waals surface area contributed by atoms with Gasteiger partial charge in [-0.2, -0.15) is 0 Å². The average Bonchev–Trinajstić information content (AvgIpc) is 2.17. The summed E-state index contributed by atoms with van der Waals surface area (Å²) < 4.78 is 4.71. The molecule has 82 valence electrons. The maximum Gasteiger partial charge on any atom is 0.407 e. The summed E-state index contributed by atoms with van der Waals surface area (Å²) in [4.78, 5) is 11.0. The van der Waals surface area contributed by atoms with Gasteiger partial charge in [0.05, 0.1) is 6.61 Å². The minimum Gasteiger partial charge on any atom is -0.450 e. The molecule has 0 atom stereocenters. The molecule has 1 aromatic rings. The van der Waals surface area contributed by atoms with E-state index in [2.05, 4.69) is 5.32 Å². The number of hydrogen-bond donors (Lipinski definition) is 1. The molecule has 0 aliphatic carbocycles. The van der Waals surface area contributed by atoms with Crippen molar-refractivity contribution in [1.82, 2.24) is 5.32 Å². The third kappa shape index (κ3) is 3.61. The first-order chi connectivity index (χ1) is 7.15. The van der Waals surface area contributed by atoms with Gasteiger partial charge in [-0.3, -0.25) is 0 Å². The number of rotatable bonds is 3. The molecule has 0 saturated carbocycles. The summed E-state index contributed by atoms with van der Waals surface area (Å²) in [6.45, 7) is 2.33. The second kappa shape index (κ2) is 5.83. The van der Waals surface area contributed by atoms with Crippen LogP contribution in [0.2, 0.25) is 10.0 Å². The highest BCUT2D eigenvalue weighted by molar-refractivity contribution is 6.35. The highest BCUT2D eigenvalue weighted by Crippen LogP contribution is 2.23. The Kier molecular flexibility index (Phi) is 4.72. The van der Waals surface area contributed by atoms with Gasteiger partial charge < -0.3 is 10.1 Å². The van der Waals surface area contributed by atoms with E-state index in [9.17, 15) is 4.79 Å². The lowest BCUT2D eigenvalue weighted by Crippen LogP contribution is -2.23. The minimum atomic E-state index is -0.478. The quantitative estimate of drug-likeness (QED) is 0.891. The Morgan fingerprint density at radius 3 is 2.53 bits per heavy atom. The van der Waals surface area contributed by atoms with Crippen LogP contribution in [0.1, 0.15) is 12.5 Å². The highest BCUT2D eigenvalue weighted by Gasteiger charge is 2.07. The Labute approximate surface area is 98.3 Å². The molecule has 0 fully saturated rings. The van der Waals surface area contributed by atoms with Crippen LogP contribution in [0.5, 0.6) is 0 Å². The Bertz CT molecular complexity index is 335. The Morgan fingerprint density at radius 1 is 1.40 bits per heavy atom. The average molecular weight is 248 g/mol. The van der Waals surface area contributed by atoms with Gasteiger partial charge in [-0.15, -0.1) is 0 Å². The standard InChI is InChI=1S/C10H11Cl2NO2/c1-2-15-10(14)13-6-7-8(11)4-3-5-9(7)12/h3-5H,2,6H2,1H3,(H,13,14). The summed E-state index contributed by atoms with van der Waals surface area (Å²) in [6, 6.07) is 5.18. The number of amides is 1. The summed E-state index contributed by atoms with van der Waals surface area (Å²) >= 11 is 11.8. The van der Waals surface area contributed by atoms with Crippen LogP contribution in [0.25, 0.3) is 0 Å². The fourth-order valence-electron chi connectivity index (χ4n) is 1.04. The number of carbonyl (C=O) groups is 1. The van der Waals surface area contributed by atoms with Crippen LogP contribution >= 0.6 is 23.2 Å². The van der Waals surface area contributed by atoms with Crippen LogP contribution in [0.15, 0.2) is 18.2 Å². The van der Waals surface area contributed by atoms with E-state index in [0.717, 1.165) is 0 Å². The van der Waals surface area contributed by atoms with Gasteiger partial charge in [0.2, 0.25) is 0 Å². The highest BCUT2D eigenvalue weighted by atomic mass is 35.5. The van der Waals surface area contributed by atoms with Gasteiger partial charge in [0, 0.05) is 22.2 Å². The molecule has 1 aromatic carbocycles. The molecule has 0 aliphatic heterocycles. The molecular weight excluding hydrogens is 237 g/mol. The molecular formula is C10H11Cl2NO2. The van der Waals surface area contributed by atoms with Gasteiger partial charge >= 0.3 is 6.09 Å². The van der Waals surface area contributed by atoms with E-state index in [0.29, 0.717) is 22.2 Å². The lowest BCUT2D eigenvalue weighted by molar-refractivity contribution is 0.151. The minimum absolute atomic E-state index is 0.261. The molecule has 0 unspecified atom stereocenters. The lowest BCUT2D eigenvalue weighted by Gasteiger charge is -2.08. The third-order valence-electron chi connectivity index (χ3n) is 1.75. The fraction of sp³-hybridized carbons (Fsp3) is 0.300. The van der Waals surface area contributed by atoms with Gasteiger partial charge in [0.25, 0.3) is 0 Å². The zero-order valence-corrected chi connectivity index (χ0v) is 9.73. The number of ether oxygens (including phenoxy) is 1. The normalized spacial score (nSPS) is 9.80. The van der Waals surface area contributed by atoms with Crippen LogP contribution in [-0.2, 0) is 11.3 Å². The largest absolute Gasteiger partial charge is 0.450 e. The SMILES string of the molecule is CCOC(=O)NCc1c(Cl)cccc1Cl. The molecule has 1 N–H and O–H groups in total. The Balaban J connectivity index is 2.61. The zero-order chi connectivity index (χ0) is 11.3. The molecule has 3 nitrogen and oxygen atoms in total. The monoisotopic (exact) mass is 247 g/mol. The fourth-order valence-corrected chi connectivity index (χ4v) is 1.57. The van der Waals surface area contributed by atoms with E-state index in [1.54, 1.807) is 25.1 Å². The number of carbonyl (C=O) groups excluding carboxylic acids is 1. The topological polar surface area (TPSA) is 38.3 Å². The van der Waals surface area contributed by atoms with Crippen molar-refractivity contribution in [3.63, 3.8) is 0 Å². The van der Waals surface area contributed by atoms with Crippen LogP contribution in [0.4, 0.5) is 4.79 Å². The van der Waals surface area contributed by atoms with E-state index in [-0.39, 0.29) is 6.54 Å². The summed E-state index contributed by atoms with van der Waals surface area (Å²) in [6.07, 6.45) is -0.478. The van der Waals surface area contributed by atoms with Crippen LogP contribution in [-0.4, -0.2) is 12.7 Å². The van der Waals surface area contributed by atoms with E-state index in [1.807, 2.05) is 0 Å². The van der Waals surface area contributed by atoms with Crippen molar-refractivity contribution in [2.24, 2.45) is 0 Å². The van der Waals surface area contributed by atoms with Gasteiger partial charge in [0.15, 0.2) is 0 Å². The zero-order valence-electron chi connectivity index (χ0n) is 8.22. The Hall–Kier alpha value is -0.930. The van der Waals surface area contributed by atoms with Gasteiger partial charge in [-0.05, 0) is 19.1 Å². The maximum absolute atomic E-state index is 11.0. The number of benzene rings is 1. The molecule has 1 rings (SSSR count). The van der Waals surface area contributed by atoms with E-state index in [4.69, 9.17) is 27.9 Å². The molecule has 0 heterocycles. The van der Waals surface area contributed by atoms with Crippen molar-refractivity contribution in [2.75, 3.05) is 6.61 Å². The molecule has 5 heteroatoms. The van der Waals surface area contributed by atoms with Crippen LogP contribution in [0, 0.1) is 0 Å². The first-order valence-electron chi connectivity index (χ1n) is 4.48. The molecule has 0 saturated heterocycles. The van der Waals surface area contributed by atoms with Crippen molar-refractivity contribution >= 4 is 29.3 Å². The van der Waals surface area contributed by atoms with Crippen LogP contribution < -0.4 is 5.32 Å². The maximum atomic E-state index is 11.0. The molecule has 0 bridgehead atoms. The summed E-state index contributed by atoms with van der Waals surface area (Å²) in [7, 11) is 0. The Morgan fingerprint density at radius 2 is 2.00 bits per heavy atom. The second-order valence-electron chi connectivity index (χ2n) is 2.77. The predicted octanol–water partition coefficient (Wildman–Crippen LogP) is 3.24. The van der Waals surface area contributed by atoms with Crippen molar-refractivity contribution in [3.8, 4) is 0 Å². The number of hydrogen-bond acceptors (Lipinski definition) is 2. The lowest BCUT2D eigenvalue weighted by atomic mass is 10.2. The van der Waals surface area contributed by atoms with E-state index >= 15 is 0 Å². The first-order valence-corrected chi connectivity index (χ1v) is 5.24. The van der Waals surface area contributed by atoms with Gasteiger partial charge in [0.1, 0.15) is 0 Å². The third-order valence-corrected chi connectivity index (χ3v) is 2.45. The van der Waals surface area contributed by atoms with Crippen molar-refractivity contribution in [2.45, 2.75) is 13.5 Å². The number of halogens is 2. The summed E-state index contributed by atoms with van der Waals surface area (Å²) in [5, 5.41) is 3.61. The van der Waals surface area contributed by atoms with Crippen molar-refractivity contribution in [3.05, 3.63) is 33.8 Å². The summed E-state index contributed by atoms with van der Waals surface area (Å²) in [5.41, 5.74) is 0.689. The van der Waals surface area contributed by atoms with Crippen molar-refractivity contribution in [1.29, 1.82) is 0 Å². The molecule has 0 aromatic heterocycles. The smallest absolute Gasteiger partial charge is 0.407 e. The van der Waals surface area contributed by atoms with E-state index in [1.165, 1.54) is 0 Å². The molecule has 0 aliphatic rings. The summed E-state index contributed by atoms with van der Waals surface area (Å²) in [5.74, 6) is 0. The molecule has 15 heavy (non-hydrogen) atoms. The van der Waals surface area contributed by atoms with E-state index < -0.39 is 6.09 Å².